The maximum absolute atomic E-state index is 12.7. The van der Waals surface area contributed by atoms with Crippen LogP contribution in [0.1, 0.15) is 53.6 Å². The summed E-state index contributed by atoms with van der Waals surface area (Å²) in [6, 6.07) is 9.42. The normalized spacial score (nSPS) is 16.5. The first-order valence-corrected chi connectivity index (χ1v) is 9.65. The van der Waals surface area contributed by atoms with E-state index in [0.29, 0.717) is 27.8 Å². The molecular weight excluding hydrogens is 344 g/mol. The van der Waals surface area contributed by atoms with Gasteiger partial charge in [0.05, 0.1) is 18.2 Å². The molecule has 1 N–H and O–H groups in total. The summed E-state index contributed by atoms with van der Waals surface area (Å²) in [4.78, 5) is 13.9. The highest BCUT2D eigenvalue weighted by Gasteiger charge is 2.32. The molecule has 1 aromatic carbocycles. The number of hydrogen-bond acceptors (Lipinski definition) is 4. The predicted molar refractivity (Wildman–Crippen MR) is 105 cm³/mol. The molecule has 4 nitrogen and oxygen atoms in total. The first-order valence-electron chi connectivity index (χ1n) is 8.84. The fraction of sp³-hybridized carbons (Fsp3) is 0.429. The highest BCUT2D eigenvalue weighted by atomic mass is 32.1. The molecule has 0 aliphatic heterocycles. The number of hydrogen-bond donors (Lipinski definition) is 1. The van der Waals surface area contributed by atoms with Crippen molar-refractivity contribution >= 4 is 22.2 Å². The van der Waals surface area contributed by atoms with E-state index in [1.165, 1.54) is 4.88 Å². The molecule has 1 aliphatic rings. The van der Waals surface area contributed by atoms with Crippen molar-refractivity contribution in [3.63, 3.8) is 0 Å². The van der Waals surface area contributed by atoms with Gasteiger partial charge in [-0.1, -0.05) is 32.9 Å². The van der Waals surface area contributed by atoms with Crippen molar-refractivity contribution < 1.29 is 9.53 Å². The molecule has 1 aromatic heterocycles. The largest absolute Gasteiger partial charge is 0.496 e. The topological polar surface area (TPSA) is 62.1 Å². The van der Waals surface area contributed by atoms with Crippen LogP contribution in [0.15, 0.2) is 24.3 Å². The maximum Gasteiger partial charge on any atom is 0.260 e. The van der Waals surface area contributed by atoms with Crippen LogP contribution in [0.5, 0.6) is 5.75 Å². The van der Waals surface area contributed by atoms with E-state index in [1.807, 2.05) is 6.07 Å². The third-order valence-corrected chi connectivity index (χ3v) is 6.35. The lowest BCUT2D eigenvalue weighted by atomic mass is 9.72. The van der Waals surface area contributed by atoms with E-state index in [2.05, 4.69) is 32.2 Å². The molecule has 0 unspecified atom stereocenters. The minimum absolute atomic E-state index is 0.245. The van der Waals surface area contributed by atoms with E-state index in [1.54, 1.807) is 36.6 Å². The molecule has 0 fully saturated rings. The highest BCUT2D eigenvalue weighted by molar-refractivity contribution is 7.16. The van der Waals surface area contributed by atoms with Gasteiger partial charge in [-0.3, -0.25) is 4.79 Å². The van der Waals surface area contributed by atoms with Crippen molar-refractivity contribution in [2.24, 2.45) is 11.3 Å². The van der Waals surface area contributed by atoms with E-state index in [4.69, 9.17) is 4.74 Å². The Labute approximate surface area is 158 Å². The molecule has 1 atom stereocenters. The molecule has 0 saturated carbocycles. The number of nitrogens with one attached hydrogen (secondary N) is 1. The van der Waals surface area contributed by atoms with Crippen LogP contribution in [0.4, 0.5) is 5.00 Å². The number of nitriles is 1. The van der Waals surface area contributed by atoms with Crippen molar-refractivity contribution in [1.29, 1.82) is 5.26 Å². The van der Waals surface area contributed by atoms with Gasteiger partial charge in [-0.15, -0.1) is 11.3 Å². The van der Waals surface area contributed by atoms with Crippen LogP contribution in [0.2, 0.25) is 0 Å². The van der Waals surface area contributed by atoms with Gasteiger partial charge >= 0.3 is 0 Å². The second kappa shape index (κ2) is 7.13. The Balaban J connectivity index is 1.89. The molecule has 1 heterocycles. The number of carbonyl (C=O) groups excluding carboxylic acids is 1. The number of methoxy groups -OCH3 is 1. The minimum atomic E-state index is -0.245. The van der Waals surface area contributed by atoms with Crippen LogP contribution in [0.3, 0.4) is 0 Å². The summed E-state index contributed by atoms with van der Waals surface area (Å²) in [6.45, 7) is 6.81. The lowest BCUT2D eigenvalue weighted by Crippen LogP contribution is -2.26. The van der Waals surface area contributed by atoms with Crippen molar-refractivity contribution in [3.05, 3.63) is 45.8 Å². The molecule has 0 bridgehead atoms. The molecule has 3 rings (SSSR count). The Morgan fingerprint density at radius 1 is 1.35 bits per heavy atom. The Morgan fingerprint density at radius 3 is 2.73 bits per heavy atom. The van der Waals surface area contributed by atoms with Gasteiger partial charge in [-0.2, -0.15) is 5.26 Å². The number of rotatable bonds is 3. The minimum Gasteiger partial charge on any atom is -0.496 e. The summed E-state index contributed by atoms with van der Waals surface area (Å²) in [5.41, 5.74) is 2.46. The van der Waals surface area contributed by atoms with Gasteiger partial charge in [0.1, 0.15) is 16.8 Å². The number of carbonyl (C=O) groups is 1. The number of fused-ring (bicyclic) bond motifs is 1. The lowest BCUT2D eigenvalue weighted by Gasteiger charge is -2.33. The third kappa shape index (κ3) is 3.47. The van der Waals surface area contributed by atoms with E-state index >= 15 is 0 Å². The fourth-order valence-corrected chi connectivity index (χ4v) is 4.81. The van der Waals surface area contributed by atoms with Gasteiger partial charge in [0.15, 0.2) is 0 Å². The zero-order valence-electron chi connectivity index (χ0n) is 15.7. The predicted octanol–water partition coefficient (Wildman–Crippen LogP) is 5.03. The number of para-hydroxylation sites is 1. The molecule has 0 radical (unpaired) electrons. The van der Waals surface area contributed by atoms with E-state index in [9.17, 15) is 10.1 Å². The summed E-state index contributed by atoms with van der Waals surface area (Å²) < 4.78 is 5.27. The van der Waals surface area contributed by atoms with Crippen molar-refractivity contribution in [3.8, 4) is 11.8 Å². The highest BCUT2D eigenvalue weighted by Crippen LogP contribution is 2.44. The average molecular weight is 369 g/mol. The summed E-state index contributed by atoms with van der Waals surface area (Å²) >= 11 is 1.55. The standard InChI is InChI=1S/C21H24N2O2S/c1-21(2,3)13-9-10-14-16(12-22)20(26-18(14)11-13)23-19(24)15-7-5-6-8-17(15)25-4/h5-8,13H,9-11H2,1-4H3,(H,23,24)/t13-/m0/s1. The smallest absolute Gasteiger partial charge is 0.260 e. The number of ether oxygens (including phenoxy) is 1. The summed E-state index contributed by atoms with van der Waals surface area (Å²) in [5, 5.41) is 13.2. The second-order valence-electron chi connectivity index (χ2n) is 7.78. The molecule has 2 aromatic rings. The van der Waals surface area contributed by atoms with Crippen LogP contribution >= 0.6 is 11.3 Å². The maximum atomic E-state index is 12.7. The molecule has 0 spiro atoms. The first kappa shape index (κ1) is 18.5. The first-order chi connectivity index (χ1) is 12.3. The van der Waals surface area contributed by atoms with Gasteiger partial charge in [0, 0.05) is 4.88 Å². The zero-order valence-corrected chi connectivity index (χ0v) is 16.5. The zero-order chi connectivity index (χ0) is 18.9. The number of nitrogens with zero attached hydrogens (tertiary/aromatic N) is 1. The number of anilines is 1. The van der Waals surface area contributed by atoms with Crippen molar-refractivity contribution in [1.82, 2.24) is 0 Å². The molecule has 5 heteroatoms. The van der Waals surface area contributed by atoms with Crippen LogP contribution in [0.25, 0.3) is 0 Å². The second-order valence-corrected chi connectivity index (χ2v) is 8.89. The monoisotopic (exact) mass is 368 g/mol. The number of thiophene rings is 1. The van der Waals surface area contributed by atoms with Gasteiger partial charge in [-0.25, -0.2) is 0 Å². The lowest BCUT2D eigenvalue weighted by molar-refractivity contribution is 0.102. The molecule has 1 aliphatic carbocycles. The SMILES string of the molecule is COc1ccccc1C(=O)Nc1sc2c(c1C#N)CC[C@H](C(C)(C)C)C2. The van der Waals surface area contributed by atoms with E-state index in [-0.39, 0.29) is 11.3 Å². The molecule has 0 saturated heterocycles. The van der Waals surface area contributed by atoms with Crippen LogP contribution in [-0.4, -0.2) is 13.0 Å². The third-order valence-electron chi connectivity index (χ3n) is 5.18. The van der Waals surface area contributed by atoms with Gasteiger partial charge in [-0.05, 0) is 48.3 Å². The number of amides is 1. The van der Waals surface area contributed by atoms with Gasteiger partial charge < -0.3 is 10.1 Å². The van der Waals surface area contributed by atoms with Gasteiger partial charge in [0.25, 0.3) is 5.91 Å². The van der Waals surface area contributed by atoms with E-state index in [0.717, 1.165) is 24.8 Å². The Bertz CT molecular complexity index is 871. The number of benzene rings is 1. The summed E-state index contributed by atoms with van der Waals surface area (Å²) in [6.07, 6.45) is 2.96. The molecular formula is C21H24N2O2S. The van der Waals surface area contributed by atoms with E-state index < -0.39 is 0 Å². The summed E-state index contributed by atoms with van der Waals surface area (Å²) in [7, 11) is 1.54. The van der Waals surface area contributed by atoms with Crippen LogP contribution < -0.4 is 10.1 Å². The summed E-state index contributed by atoms with van der Waals surface area (Å²) in [5.74, 6) is 0.875. The molecule has 136 valence electrons. The average Bonchev–Trinajstić information content (AvgIpc) is 2.96. The fourth-order valence-electron chi connectivity index (χ4n) is 3.53. The van der Waals surface area contributed by atoms with Crippen LogP contribution in [0, 0.1) is 22.7 Å². The Morgan fingerprint density at radius 2 is 2.08 bits per heavy atom. The van der Waals surface area contributed by atoms with Crippen molar-refractivity contribution in [2.75, 3.05) is 12.4 Å². The Hall–Kier alpha value is -2.32. The molecule has 1 amide bonds. The van der Waals surface area contributed by atoms with Gasteiger partial charge in [0.2, 0.25) is 0 Å². The van der Waals surface area contributed by atoms with Crippen LogP contribution in [-0.2, 0) is 12.8 Å². The Kier molecular flexibility index (Phi) is 5.06. The molecule has 26 heavy (non-hydrogen) atoms. The van der Waals surface area contributed by atoms with Crippen molar-refractivity contribution in [2.45, 2.75) is 40.0 Å². The quantitative estimate of drug-likeness (QED) is 0.826.